The van der Waals surface area contributed by atoms with Crippen LogP contribution in [0.25, 0.3) is 0 Å². The minimum absolute atomic E-state index is 0.166. The highest BCUT2D eigenvalue weighted by atomic mass is 127. The zero-order chi connectivity index (χ0) is 15.4. The van der Waals surface area contributed by atoms with Crippen LogP contribution in [-0.2, 0) is 5.54 Å². The Morgan fingerprint density at radius 1 is 1.09 bits per heavy atom. The monoisotopic (exact) mass is 403 g/mol. The quantitative estimate of drug-likeness (QED) is 0.543. The molecule has 1 amide bonds. The molecule has 2 heterocycles. The highest BCUT2D eigenvalue weighted by Gasteiger charge is 2.59. The molecule has 0 aromatic heterocycles. The molecule has 1 saturated heterocycles. The molecule has 2 aromatic carbocycles. The van der Waals surface area contributed by atoms with Gasteiger partial charge < -0.3 is 4.90 Å². The van der Waals surface area contributed by atoms with Gasteiger partial charge in [-0.1, -0.05) is 78.0 Å². The van der Waals surface area contributed by atoms with Gasteiger partial charge in [-0.3, -0.25) is 4.79 Å². The minimum atomic E-state index is -0.283. The maximum absolute atomic E-state index is 13.0. The van der Waals surface area contributed by atoms with Gasteiger partial charge in [0.25, 0.3) is 5.91 Å². The Bertz CT molecular complexity index is 744. The lowest BCUT2D eigenvalue weighted by Gasteiger charge is -2.34. The molecule has 2 aliphatic heterocycles. The molecule has 0 radical (unpaired) electrons. The summed E-state index contributed by atoms with van der Waals surface area (Å²) < 4.78 is 1.06. The number of hydrogen-bond donors (Lipinski definition) is 0. The van der Waals surface area contributed by atoms with E-state index in [9.17, 15) is 4.79 Å². The third-order valence-electron chi connectivity index (χ3n) is 5.11. The number of carbonyl (C=O) groups is 1. The second-order valence-electron chi connectivity index (χ2n) is 6.78. The van der Waals surface area contributed by atoms with Gasteiger partial charge in [0.05, 0.1) is 5.54 Å². The van der Waals surface area contributed by atoms with Crippen molar-refractivity contribution in [3.8, 4) is 0 Å². The zero-order valence-corrected chi connectivity index (χ0v) is 14.7. The summed E-state index contributed by atoms with van der Waals surface area (Å²) in [6.07, 6.45) is 0.996. The van der Waals surface area contributed by atoms with Crippen molar-refractivity contribution in [2.45, 2.75) is 18.9 Å². The molecule has 0 aliphatic carbocycles. The molecule has 0 bridgehead atoms. The van der Waals surface area contributed by atoms with Crippen LogP contribution in [0.2, 0.25) is 0 Å². The van der Waals surface area contributed by atoms with E-state index in [4.69, 9.17) is 0 Å². The SMILES string of the molecule is C[C@]1(CI)CN2C(=O)c3ccccc3[C@]2(c2ccccc2)C1. The lowest BCUT2D eigenvalue weighted by molar-refractivity contribution is 0.0704. The largest absolute Gasteiger partial charge is 0.324 e. The summed E-state index contributed by atoms with van der Waals surface area (Å²) in [7, 11) is 0. The van der Waals surface area contributed by atoms with Crippen LogP contribution in [0.3, 0.4) is 0 Å². The fourth-order valence-corrected chi connectivity index (χ4v) is 4.67. The lowest BCUT2D eigenvalue weighted by atomic mass is 9.75. The highest BCUT2D eigenvalue weighted by Crippen LogP contribution is 2.56. The fraction of sp³-hybridized carbons (Fsp3) is 0.316. The fourth-order valence-electron chi connectivity index (χ4n) is 4.16. The number of rotatable bonds is 2. The first-order valence-corrected chi connectivity index (χ1v) is 9.16. The molecule has 3 heteroatoms. The van der Waals surface area contributed by atoms with Crippen LogP contribution in [0.4, 0.5) is 0 Å². The number of amides is 1. The highest BCUT2D eigenvalue weighted by molar-refractivity contribution is 14.1. The van der Waals surface area contributed by atoms with Crippen LogP contribution >= 0.6 is 22.6 Å². The summed E-state index contributed by atoms with van der Waals surface area (Å²) in [6.45, 7) is 3.14. The van der Waals surface area contributed by atoms with E-state index in [0.29, 0.717) is 0 Å². The predicted molar refractivity (Wildman–Crippen MR) is 96.3 cm³/mol. The molecular weight excluding hydrogens is 385 g/mol. The molecule has 0 N–H and O–H groups in total. The summed E-state index contributed by atoms with van der Waals surface area (Å²) in [5.41, 5.74) is 3.18. The minimum Gasteiger partial charge on any atom is -0.324 e. The van der Waals surface area contributed by atoms with Crippen LogP contribution in [0.1, 0.15) is 34.8 Å². The van der Waals surface area contributed by atoms with Crippen LogP contribution in [0.15, 0.2) is 54.6 Å². The number of benzene rings is 2. The Morgan fingerprint density at radius 2 is 1.77 bits per heavy atom. The van der Waals surface area contributed by atoms with E-state index in [1.807, 2.05) is 18.2 Å². The van der Waals surface area contributed by atoms with Gasteiger partial charge in [0.2, 0.25) is 0 Å². The maximum Gasteiger partial charge on any atom is 0.255 e. The molecule has 2 atom stereocenters. The number of carbonyl (C=O) groups excluding carboxylic acids is 1. The molecule has 22 heavy (non-hydrogen) atoms. The Morgan fingerprint density at radius 3 is 2.50 bits per heavy atom. The van der Waals surface area contributed by atoms with E-state index in [0.717, 1.165) is 23.0 Å². The maximum atomic E-state index is 13.0. The third kappa shape index (κ3) is 1.75. The first-order valence-electron chi connectivity index (χ1n) is 7.64. The Kier molecular flexibility index (Phi) is 3.12. The van der Waals surface area contributed by atoms with Gasteiger partial charge >= 0.3 is 0 Å². The van der Waals surface area contributed by atoms with E-state index in [1.165, 1.54) is 11.1 Å². The molecule has 112 valence electrons. The topological polar surface area (TPSA) is 20.3 Å². The number of fused-ring (bicyclic) bond motifs is 3. The Labute approximate surface area is 144 Å². The van der Waals surface area contributed by atoms with Gasteiger partial charge in [0, 0.05) is 16.5 Å². The van der Waals surface area contributed by atoms with Crippen molar-refractivity contribution >= 4 is 28.5 Å². The number of hydrogen-bond acceptors (Lipinski definition) is 1. The number of alkyl halides is 1. The van der Waals surface area contributed by atoms with E-state index < -0.39 is 0 Å². The van der Waals surface area contributed by atoms with Gasteiger partial charge in [-0.25, -0.2) is 0 Å². The second-order valence-corrected chi connectivity index (χ2v) is 7.55. The summed E-state index contributed by atoms with van der Waals surface area (Å²) in [5, 5.41) is 0. The zero-order valence-electron chi connectivity index (χ0n) is 12.6. The van der Waals surface area contributed by atoms with Crippen LogP contribution in [0, 0.1) is 5.41 Å². The molecule has 0 saturated carbocycles. The van der Waals surface area contributed by atoms with Crippen molar-refractivity contribution in [2.75, 3.05) is 11.0 Å². The molecule has 1 fully saturated rings. The number of halogens is 1. The van der Waals surface area contributed by atoms with E-state index >= 15 is 0 Å². The van der Waals surface area contributed by atoms with Crippen molar-refractivity contribution < 1.29 is 4.79 Å². The Hall–Kier alpha value is -1.36. The molecular formula is C19H18INO. The summed E-state index contributed by atoms with van der Waals surface area (Å²) in [5.74, 6) is 0.188. The second kappa shape index (κ2) is 4.82. The van der Waals surface area contributed by atoms with Crippen molar-refractivity contribution in [2.24, 2.45) is 5.41 Å². The third-order valence-corrected chi connectivity index (χ3v) is 6.95. The van der Waals surface area contributed by atoms with Crippen molar-refractivity contribution in [3.63, 3.8) is 0 Å². The van der Waals surface area contributed by atoms with Gasteiger partial charge in [0.15, 0.2) is 0 Å². The average Bonchev–Trinajstić information content (AvgIpc) is 3.00. The Balaban J connectivity index is 2.00. The molecule has 0 unspecified atom stereocenters. The predicted octanol–water partition coefficient (Wildman–Crippen LogP) is 4.23. The summed E-state index contributed by atoms with van der Waals surface area (Å²) >= 11 is 2.46. The molecule has 0 spiro atoms. The summed E-state index contributed by atoms with van der Waals surface area (Å²) in [4.78, 5) is 15.1. The molecule has 2 aromatic rings. The van der Waals surface area contributed by atoms with Crippen LogP contribution in [0.5, 0.6) is 0 Å². The molecule has 4 rings (SSSR count). The van der Waals surface area contributed by atoms with Gasteiger partial charge in [-0.2, -0.15) is 0 Å². The average molecular weight is 403 g/mol. The summed E-state index contributed by atoms with van der Waals surface area (Å²) in [6, 6.07) is 18.7. The van der Waals surface area contributed by atoms with Crippen LogP contribution < -0.4 is 0 Å². The first-order chi connectivity index (χ1) is 10.6. The standard InChI is InChI=1S/C19H18INO/c1-18(12-20)11-19(14-7-3-2-4-8-14)16-10-6-5-9-15(16)17(22)21(19)13-18/h2-10H,11-13H2,1H3/t18-,19+/m0/s1. The number of nitrogens with zero attached hydrogens (tertiary/aromatic N) is 1. The van der Waals surface area contributed by atoms with Crippen LogP contribution in [-0.4, -0.2) is 21.8 Å². The smallest absolute Gasteiger partial charge is 0.255 e. The van der Waals surface area contributed by atoms with E-state index in [2.05, 4.69) is 70.8 Å². The van der Waals surface area contributed by atoms with Crippen molar-refractivity contribution in [1.82, 2.24) is 4.90 Å². The van der Waals surface area contributed by atoms with Gasteiger partial charge in [0.1, 0.15) is 0 Å². The van der Waals surface area contributed by atoms with E-state index in [1.54, 1.807) is 0 Å². The van der Waals surface area contributed by atoms with Crippen molar-refractivity contribution in [1.29, 1.82) is 0 Å². The van der Waals surface area contributed by atoms with Gasteiger partial charge in [-0.05, 0) is 29.0 Å². The molecule has 2 nitrogen and oxygen atoms in total. The molecule has 2 aliphatic rings. The normalized spacial score (nSPS) is 29.5. The first kappa shape index (κ1) is 14.2. The van der Waals surface area contributed by atoms with Crippen molar-refractivity contribution in [3.05, 3.63) is 71.3 Å². The lowest BCUT2D eigenvalue weighted by Crippen LogP contribution is -2.39. The van der Waals surface area contributed by atoms with E-state index in [-0.39, 0.29) is 16.9 Å². The van der Waals surface area contributed by atoms with Gasteiger partial charge in [-0.15, -0.1) is 0 Å².